The van der Waals surface area contributed by atoms with E-state index in [4.69, 9.17) is 23.2 Å². The first-order valence-electron chi connectivity index (χ1n) is 7.84. The van der Waals surface area contributed by atoms with Gasteiger partial charge in [0.05, 0.1) is 23.3 Å². The average Bonchev–Trinajstić information content (AvgIpc) is 3.00. The summed E-state index contributed by atoms with van der Waals surface area (Å²) in [5.41, 5.74) is 2.45. The Morgan fingerprint density at radius 3 is 2.76 bits per heavy atom. The van der Waals surface area contributed by atoms with Crippen LogP contribution in [0.4, 0.5) is 4.79 Å². The van der Waals surface area contributed by atoms with Crippen LogP contribution in [-0.4, -0.2) is 27.4 Å². The van der Waals surface area contributed by atoms with E-state index in [-0.39, 0.29) is 12.1 Å². The SMILES string of the molecule is CC(c1ccccc1Cl)N(C)C(=O)NCc1cn2cc(Cl)ccc2n1. The quantitative estimate of drug-likeness (QED) is 0.726. The fraction of sp³-hybridized carbons (Fsp3) is 0.222. The van der Waals surface area contributed by atoms with Gasteiger partial charge in [-0.05, 0) is 30.7 Å². The summed E-state index contributed by atoms with van der Waals surface area (Å²) in [6, 6.07) is 10.8. The van der Waals surface area contributed by atoms with Gasteiger partial charge in [0.15, 0.2) is 0 Å². The van der Waals surface area contributed by atoms with Gasteiger partial charge in [-0.2, -0.15) is 0 Å². The van der Waals surface area contributed by atoms with Gasteiger partial charge in [-0.3, -0.25) is 0 Å². The molecule has 1 N–H and O–H groups in total. The Bertz CT molecular complexity index is 909. The first-order chi connectivity index (χ1) is 12.0. The molecular weight excluding hydrogens is 359 g/mol. The Morgan fingerprint density at radius 2 is 2.00 bits per heavy atom. The van der Waals surface area contributed by atoms with Gasteiger partial charge in [0.1, 0.15) is 5.65 Å². The number of rotatable bonds is 4. The topological polar surface area (TPSA) is 49.6 Å². The Balaban J connectivity index is 1.65. The molecule has 5 nitrogen and oxygen atoms in total. The lowest BCUT2D eigenvalue weighted by atomic mass is 10.1. The van der Waals surface area contributed by atoms with Crippen LogP contribution in [0, 0.1) is 0 Å². The molecule has 7 heteroatoms. The summed E-state index contributed by atoms with van der Waals surface area (Å²) >= 11 is 12.2. The van der Waals surface area contributed by atoms with Gasteiger partial charge >= 0.3 is 6.03 Å². The molecule has 1 aromatic carbocycles. The van der Waals surface area contributed by atoms with Crippen LogP contribution >= 0.6 is 23.2 Å². The van der Waals surface area contributed by atoms with Gasteiger partial charge in [-0.1, -0.05) is 41.4 Å². The first-order valence-corrected chi connectivity index (χ1v) is 8.59. The van der Waals surface area contributed by atoms with Gasteiger partial charge in [0, 0.05) is 24.5 Å². The molecule has 0 saturated heterocycles. The molecule has 0 aliphatic heterocycles. The van der Waals surface area contributed by atoms with Crippen molar-refractivity contribution < 1.29 is 4.79 Å². The monoisotopic (exact) mass is 376 g/mol. The zero-order chi connectivity index (χ0) is 18.0. The number of nitrogens with zero attached hydrogens (tertiary/aromatic N) is 3. The van der Waals surface area contributed by atoms with Crippen LogP contribution in [0.1, 0.15) is 24.2 Å². The van der Waals surface area contributed by atoms with Gasteiger partial charge in [-0.25, -0.2) is 9.78 Å². The molecule has 0 saturated carbocycles. The summed E-state index contributed by atoms with van der Waals surface area (Å²) in [5, 5.41) is 4.16. The number of aromatic nitrogens is 2. The lowest BCUT2D eigenvalue weighted by Gasteiger charge is -2.26. The fourth-order valence-corrected chi connectivity index (χ4v) is 3.05. The molecule has 0 bridgehead atoms. The number of imidazole rings is 1. The maximum Gasteiger partial charge on any atom is 0.317 e. The molecule has 0 aliphatic rings. The number of amides is 2. The van der Waals surface area contributed by atoms with Crippen LogP contribution in [-0.2, 0) is 6.54 Å². The molecule has 2 heterocycles. The first kappa shape index (κ1) is 17.6. The highest BCUT2D eigenvalue weighted by atomic mass is 35.5. The maximum atomic E-state index is 12.4. The Kier molecular flexibility index (Phi) is 5.16. The lowest BCUT2D eigenvalue weighted by molar-refractivity contribution is 0.194. The van der Waals surface area contributed by atoms with E-state index >= 15 is 0 Å². The zero-order valence-corrected chi connectivity index (χ0v) is 15.4. The average molecular weight is 377 g/mol. The summed E-state index contributed by atoms with van der Waals surface area (Å²) in [7, 11) is 1.74. The second kappa shape index (κ2) is 7.33. The Morgan fingerprint density at radius 1 is 1.24 bits per heavy atom. The number of benzene rings is 1. The van der Waals surface area contributed by atoms with E-state index in [9.17, 15) is 4.79 Å². The van der Waals surface area contributed by atoms with Crippen molar-refractivity contribution in [1.29, 1.82) is 0 Å². The predicted octanol–water partition coefficient (Wildman–Crippen LogP) is 4.54. The highest BCUT2D eigenvalue weighted by molar-refractivity contribution is 6.31. The number of hydrogen-bond acceptors (Lipinski definition) is 2. The minimum atomic E-state index is -0.192. The van der Waals surface area contributed by atoms with Crippen LogP contribution in [0.25, 0.3) is 5.65 Å². The summed E-state index contributed by atoms with van der Waals surface area (Å²) in [5.74, 6) is 0. The molecule has 3 rings (SSSR count). The second-order valence-electron chi connectivity index (χ2n) is 5.81. The molecule has 0 aliphatic carbocycles. The van der Waals surface area contributed by atoms with Crippen LogP contribution in [0.2, 0.25) is 10.0 Å². The van der Waals surface area contributed by atoms with Crippen LogP contribution < -0.4 is 5.32 Å². The highest BCUT2D eigenvalue weighted by Crippen LogP contribution is 2.26. The van der Waals surface area contributed by atoms with Crippen molar-refractivity contribution in [2.24, 2.45) is 0 Å². The van der Waals surface area contributed by atoms with E-state index in [1.54, 1.807) is 24.2 Å². The third-order valence-corrected chi connectivity index (χ3v) is 4.71. The molecule has 0 spiro atoms. The normalized spacial score (nSPS) is 12.2. The minimum absolute atomic E-state index is 0.145. The fourth-order valence-electron chi connectivity index (χ4n) is 2.59. The number of nitrogens with one attached hydrogen (secondary N) is 1. The summed E-state index contributed by atoms with van der Waals surface area (Å²) in [6.07, 6.45) is 3.62. The van der Waals surface area contributed by atoms with E-state index in [0.29, 0.717) is 16.6 Å². The molecule has 1 atom stereocenters. The third kappa shape index (κ3) is 3.89. The molecule has 3 aromatic rings. The van der Waals surface area contributed by atoms with Gasteiger partial charge in [0.2, 0.25) is 0 Å². The minimum Gasteiger partial charge on any atom is -0.332 e. The number of carbonyl (C=O) groups excluding carboxylic acids is 1. The molecular formula is C18H18Cl2N4O. The van der Waals surface area contributed by atoms with Gasteiger partial charge in [-0.15, -0.1) is 0 Å². The largest absolute Gasteiger partial charge is 0.332 e. The number of halogens is 2. The van der Waals surface area contributed by atoms with E-state index in [0.717, 1.165) is 16.9 Å². The molecule has 1 unspecified atom stereocenters. The number of carbonyl (C=O) groups is 1. The maximum absolute atomic E-state index is 12.4. The number of fused-ring (bicyclic) bond motifs is 1. The molecule has 2 aromatic heterocycles. The molecule has 130 valence electrons. The number of pyridine rings is 1. The van der Waals surface area contributed by atoms with Crippen molar-refractivity contribution in [1.82, 2.24) is 19.6 Å². The van der Waals surface area contributed by atoms with Crippen LogP contribution in [0.5, 0.6) is 0 Å². The Hall–Kier alpha value is -2.24. The Labute approximate surface area is 156 Å². The molecule has 0 fully saturated rings. The van der Waals surface area contributed by atoms with Crippen molar-refractivity contribution in [2.45, 2.75) is 19.5 Å². The summed E-state index contributed by atoms with van der Waals surface area (Å²) in [4.78, 5) is 18.5. The molecule has 0 radical (unpaired) electrons. The third-order valence-electron chi connectivity index (χ3n) is 4.14. The van der Waals surface area contributed by atoms with Gasteiger partial charge < -0.3 is 14.6 Å². The van der Waals surface area contributed by atoms with Crippen LogP contribution in [0.15, 0.2) is 48.8 Å². The lowest BCUT2D eigenvalue weighted by Crippen LogP contribution is -2.38. The van der Waals surface area contributed by atoms with Crippen LogP contribution in [0.3, 0.4) is 0 Å². The van der Waals surface area contributed by atoms with Crippen molar-refractivity contribution in [3.63, 3.8) is 0 Å². The predicted molar refractivity (Wildman–Crippen MR) is 100 cm³/mol. The number of hydrogen-bond donors (Lipinski definition) is 1. The van der Waals surface area contributed by atoms with Gasteiger partial charge in [0.25, 0.3) is 0 Å². The van der Waals surface area contributed by atoms with E-state index in [1.807, 2.05) is 47.9 Å². The van der Waals surface area contributed by atoms with Crippen molar-refractivity contribution in [3.8, 4) is 0 Å². The smallest absolute Gasteiger partial charge is 0.317 e. The second-order valence-corrected chi connectivity index (χ2v) is 6.66. The van der Waals surface area contributed by atoms with Crippen molar-refractivity contribution >= 4 is 34.9 Å². The zero-order valence-electron chi connectivity index (χ0n) is 13.9. The summed E-state index contributed by atoms with van der Waals surface area (Å²) < 4.78 is 1.83. The van der Waals surface area contributed by atoms with E-state index in [2.05, 4.69) is 10.3 Å². The van der Waals surface area contributed by atoms with E-state index in [1.165, 1.54) is 0 Å². The number of urea groups is 1. The highest BCUT2D eigenvalue weighted by Gasteiger charge is 2.19. The summed E-state index contributed by atoms with van der Waals surface area (Å²) in [6.45, 7) is 2.27. The molecule has 2 amide bonds. The molecule has 25 heavy (non-hydrogen) atoms. The van der Waals surface area contributed by atoms with E-state index < -0.39 is 0 Å². The van der Waals surface area contributed by atoms with Crippen molar-refractivity contribution in [3.05, 3.63) is 70.1 Å². The standard InChI is InChI=1S/C18H18Cl2N4O/c1-12(15-5-3-4-6-16(15)20)23(2)18(25)21-9-14-11-24-10-13(19)7-8-17(24)22-14/h3-8,10-12H,9H2,1-2H3,(H,21,25). The van der Waals surface area contributed by atoms with Crippen molar-refractivity contribution in [2.75, 3.05) is 7.05 Å².